The van der Waals surface area contributed by atoms with E-state index in [1.807, 2.05) is 0 Å². The Balaban J connectivity index is 3.55. The van der Waals surface area contributed by atoms with E-state index in [1.54, 1.807) is 0 Å². The van der Waals surface area contributed by atoms with E-state index >= 15 is 0 Å². The molecule has 0 aliphatic rings. The average Bonchev–Trinajstić information content (AvgIpc) is 1.84. The van der Waals surface area contributed by atoms with Crippen molar-refractivity contribution in [2.24, 2.45) is 5.41 Å². The highest BCUT2D eigenvalue weighted by Gasteiger charge is 2.15. The lowest BCUT2D eigenvalue weighted by Crippen LogP contribution is -2.09. The summed E-state index contributed by atoms with van der Waals surface area (Å²) in [5.74, 6) is 0. The fraction of sp³-hybridized carbons (Fsp3) is 0.889. The van der Waals surface area contributed by atoms with Gasteiger partial charge < -0.3 is 0 Å². The van der Waals surface area contributed by atoms with E-state index in [9.17, 15) is 0 Å². The van der Waals surface area contributed by atoms with Gasteiger partial charge in [-0.1, -0.05) is 33.6 Å². The van der Waals surface area contributed by atoms with Gasteiger partial charge in [-0.05, 0) is 11.8 Å². The third-order valence-electron chi connectivity index (χ3n) is 1.76. The number of rotatable bonds is 4. The van der Waals surface area contributed by atoms with Crippen molar-refractivity contribution >= 4 is 0 Å². The molecule has 0 N–H and O–H groups in total. The van der Waals surface area contributed by atoms with E-state index in [-0.39, 0.29) is 5.41 Å². The van der Waals surface area contributed by atoms with Gasteiger partial charge in [-0.15, -0.1) is 0 Å². The highest BCUT2D eigenvalue weighted by Crippen LogP contribution is 2.26. The zero-order valence-corrected chi connectivity index (χ0v) is 7.28. The lowest BCUT2D eigenvalue weighted by atomic mass is 9.85. The Morgan fingerprint density at radius 3 is 2.40 bits per heavy atom. The lowest BCUT2D eigenvalue weighted by Gasteiger charge is -2.19. The van der Waals surface area contributed by atoms with Gasteiger partial charge in [-0.2, -0.15) is 5.26 Å². The second-order valence-corrected chi connectivity index (χ2v) is 3.60. The van der Waals surface area contributed by atoms with Gasteiger partial charge in [0.05, 0.1) is 6.07 Å². The first-order valence-corrected chi connectivity index (χ1v) is 3.99. The lowest BCUT2D eigenvalue weighted by molar-refractivity contribution is 0.332. The third kappa shape index (κ3) is 4.38. The second kappa shape index (κ2) is 4.33. The maximum Gasteiger partial charge on any atom is 0.0627 e. The van der Waals surface area contributed by atoms with Gasteiger partial charge in [0.15, 0.2) is 0 Å². The van der Waals surface area contributed by atoms with Crippen LogP contribution in [0.5, 0.6) is 0 Å². The highest BCUT2D eigenvalue weighted by molar-refractivity contribution is 4.81. The van der Waals surface area contributed by atoms with Crippen molar-refractivity contribution in [2.75, 3.05) is 0 Å². The molecule has 0 spiro atoms. The van der Waals surface area contributed by atoms with Gasteiger partial charge in [-0.3, -0.25) is 0 Å². The molecule has 0 atom stereocenters. The summed E-state index contributed by atoms with van der Waals surface area (Å²) >= 11 is 0. The predicted octanol–water partition coefficient (Wildman–Crippen LogP) is 3.12. The Bertz CT molecular complexity index is 119. The first kappa shape index (κ1) is 9.49. The second-order valence-electron chi connectivity index (χ2n) is 3.60. The molecule has 0 fully saturated rings. The molecule has 0 aromatic carbocycles. The van der Waals surface area contributed by atoms with Crippen LogP contribution in [0.1, 0.15) is 46.5 Å². The Morgan fingerprint density at radius 1 is 1.40 bits per heavy atom. The van der Waals surface area contributed by atoms with Crippen molar-refractivity contribution in [2.45, 2.75) is 46.5 Å². The monoisotopic (exact) mass is 139 g/mol. The molecule has 58 valence electrons. The molecule has 10 heavy (non-hydrogen) atoms. The van der Waals surface area contributed by atoms with E-state index in [0.717, 1.165) is 0 Å². The van der Waals surface area contributed by atoms with Crippen LogP contribution in [-0.2, 0) is 0 Å². The van der Waals surface area contributed by atoms with E-state index in [2.05, 4.69) is 26.8 Å². The molecule has 0 bridgehead atoms. The van der Waals surface area contributed by atoms with Crippen LogP contribution in [0.25, 0.3) is 0 Å². The summed E-state index contributed by atoms with van der Waals surface area (Å²) in [5, 5.41) is 8.45. The Kier molecular flexibility index (Phi) is 4.11. The first-order chi connectivity index (χ1) is 4.62. The summed E-state index contributed by atoms with van der Waals surface area (Å²) in [4.78, 5) is 0. The molecule has 0 aliphatic heterocycles. The first-order valence-electron chi connectivity index (χ1n) is 3.99. The van der Waals surface area contributed by atoms with Crippen LogP contribution in [0, 0.1) is 16.7 Å². The van der Waals surface area contributed by atoms with Crippen molar-refractivity contribution in [1.29, 1.82) is 5.26 Å². The maximum atomic E-state index is 8.45. The molecular formula is C9H17N. The van der Waals surface area contributed by atoms with Crippen LogP contribution in [0.3, 0.4) is 0 Å². The minimum Gasteiger partial charge on any atom is -0.198 e. The zero-order valence-electron chi connectivity index (χ0n) is 7.28. The molecule has 1 heteroatoms. The summed E-state index contributed by atoms with van der Waals surface area (Å²) < 4.78 is 0. The molecule has 0 aromatic rings. The van der Waals surface area contributed by atoms with Crippen LogP contribution >= 0.6 is 0 Å². The smallest absolute Gasteiger partial charge is 0.0627 e. The van der Waals surface area contributed by atoms with E-state index in [0.29, 0.717) is 6.42 Å². The number of nitrogens with zero attached hydrogens (tertiary/aromatic N) is 1. The van der Waals surface area contributed by atoms with Crippen LogP contribution in [0.2, 0.25) is 0 Å². The average molecular weight is 139 g/mol. The largest absolute Gasteiger partial charge is 0.198 e. The van der Waals surface area contributed by atoms with Crippen LogP contribution < -0.4 is 0 Å². The summed E-state index contributed by atoms with van der Waals surface area (Å²) in [6, 6.07) is 2.22. The fourth-order valence-corrected chi connectivity index (χ4v) is 0.958. The van der Waals surface area contributed by atoms with Gasteiger partial charge >= 0.3 is 0 Å². The summed E-state index contributed by atoms with van der Waals surface area (Å²) in [6.45, 7) is 6.50. The summed E-state index contributed by atoms with van der Waals surface area (Å²) in [5.41, 5.74) is 0.241. The van der Waals surface area contributed by atoms with Crippen LogP contribution in [0.15, 0.2) is 0 Å². The molecular weight excluding hydrogens is 122 g/mol. The molecule has 0 unspecified atom stereocenters. The van der Waals surface area contributed by atoms with Crippen LogP contribution in [-0.4, -0.2) is 0 Å². The number of hydrogen-bond acceptors (Lipinski definition) is 1. The van der Waals surface area contributed by atoms with Crippen LogP contribution in [0.4, 0.5) is 0 Å². The van der Waals surface area contributed by atoms with Crippen molar-refractivity contribution in [3.05, 3.63) is 0 Å². The van der Waals surface area contributed by atoms with Gasteiger partial charge in [0.2, 0.25) is 0 Å². The molecule has 0 heterocycles. The molecule has 0 rings (SSSR count). The topological polar surface area (TPSA) is 23.8 Å². The fourth-order valence-electron chi connectivity index (χ4n) is 0.958. The van der Waals surface area contributed by atoms with Gasteiger partial charge in [0.25, 0.3) is 0 Å². The highest BCUT2D eigenvalue weighted by atomic mass is 14.3. The maximum absolute atomic E-state index is 8.45. The van der Waals surface area contributed by atoms with E-state index in [1.165, 1.54) is 19.3 Å². The van der Waals surface area contributed by atoms with E-state index < -0.39 is 0 Å². The molecule has 0 radical (unpaired) electrons. The van der Waals surface area contributed by atoms with Crippen molar-refractivity contribution in [3.63, 3.8) is 0 Å². The molecule has 1 nitrogen and oxygen atoms in total. The minimum absolute atomic E-state index is 0.241. The molecule has 0 saturated heterocycles. The third-order valence-corrected chi connectivity index (χ3v) is 1.76. The number of nitriles is 1. The molecule has 0 aromatic heterocycles. The van der Waals surface area contributed by atoms with Crippen molar-refractivity contribution < 1.29 is 0 Å². The Labute approximate surface area is 64.1 Å². The van der Waals surface area contributed by atoms with Crippen molar-refractivity contribution in [1.82, 2.24) is 0 Å². The summed E-state index contributed by atoms with van der Waals surface area (Å²) in [6.07, 6.45) is 4.34. The standard InChI is InChI=1S/C9H17N/c1-4-5-6-9(2,3)7-8-10/h4-7H2,1-3H3. The number of hydrogen-bond donors (Lipinski definition) is 0. The summed E-state index contributed by atoms with van der Waals surface area (Å²) in [7, 11) is 0. The number of unbranched alkanes of at least 4 members (excludes halogenated alkanes) is 1. The molecule has 0 amide bonds. The van der Waals surface area contributed by atoms with E-state index in [4.69, 9.17) is 5.26 Å². The Morgan fingerprint density at radius 2 is 2.00 bits per heavy atom. The molecule has 0 saturated carbocycles. The normalized spacial score (nSPS) is 11.0. The van der Waals surface area contributed by atoms with Gasteiger partial charge in [0.1, 0.15) is 0 Å². The SMILES string of the molecule is CCCCC(C)(C)CC#N. The quantitative estimate of drug-likeness (QED) is 0.587. The van der Waals surface area contributed by atoms with Gasteiger partial charge in [0, 0.05) is 6.42 Å². The van der Waals surface area contributed by atoms with Gasteiger partial charge in [-0.25, -0.2) is 0 Å². The predicted molar refractivity (Wildman–Crippen MR) is 43.5 cm³/mol. The van der Waals surface area contributed by atoms with Crippen molar-refractivity contribution in [3.8, 4) is 6.07 Å². The zero-order chi connectivity index (χ0) is 8.04. The minimum atomic E-state index is 0.241. The Hall–Kier alpha value is -0.510. The molecule has 0 aliphatic carbocycles.